The van der Waals surface area contributed by atoms with E-state index < -0.39 is 4.92 Å². The number of ether oxygens (including phenoxy) is 1. The number of thiazole rings is 1. The van der Waals surface area contributed by atoms with E-state index in [4.69, 9.17) is 4.74 Å². The van der Waals surface area contributed by atoms with E-state index in [1.54, 1.807) is 18.2 Å². The number of hydrogen-bond acceptors (Lipinski definition) is 7. The summed E-state index contributed by atoms with van der Waals surface area (Å²) in [5.74, 6) is 0.116. The van der Waals surface area contributed by atoms with Gasteiger partial charge in [0.2, 0.25) is 0 Å². The van der Waals surface area contributed by atoms with Gasteiger partial charge < -0.3 is 20.1 Å². The largest absolute Gasteiger partial charge is 0.506 e. The number of aromatic amines is 1. The maximum absolute atomic E-state index is 11.6. The number of aromatic nitrogens is 1. The van der Waals surface area contributed by atoms with Gasteiger partial charge in [0.05, 0.1) is 16.2 Å². The van der Waals surface area contributed by atoms with E-state index in [-0.39, 0.29) is 16.3 Å². The van der Waals surface area contributed by atoms with Gasteiger partial charge in [-0.1, -0.05) is 42.4 Å². The van der Waals surface area contributed by atoms with Crippen molar-refractivity contribution in [1.29, 1.82) is 0 Å². The van der Waals surface area contributed by atoms with Crippen LogP contribution in [-0.4, -0.2) is 41.3 Å². The number of aromatic hydroxyl groups is 1. The Morgan fingerprint density at radius 1 is 1.00 bits per heavy atom. The number of H-pyrrole nitrogens is 1. The maximum Gasteiger partial charge on any atom is 0.305 e. The summed E-state index contributed by atoms with van der Waals surface area (Å²) in [5, 5.41) is 23.9. The van der Waals surface area contributed by atoms with Gasteiger partial charge in [-0.15, -0.1) is 0 Å². The molecule has 9 heteroatoms. The predicted octanol–water partition coefficient (Wildman–Crippen LogP) is 4.16. The lowest BCUT2D eigenvalue weighted by Gasteiger charge is -2.07. The second kappa shape index (κ2) is 12.3. The van der Waals surface area contributed by atoms with Crippen LogP contribution < -0.4 is 10.2 Å². The van der Waals surface area contributed by atoms with Gasteiger partial charge in [-0.2, -0.15) is 0 Å². The van der Waals surface area contributed by atoms with Gasteiger partial charge >= 0.3 is 4.87 Å². The molecular weight excluding hydrogens is 430 g/mol. The van der Waals surface area contributed by atoms with Crippen LogP contribution in [0.15, 0.2) is 41.2 Å². The van der Waals surface area contributed by atoms with E-state index in [1.165, 1.54) is 12.1 Å². The average Bonchev–Trinajstić information content (AvgIpc) is 3.18. The third-order valence-corrected chi connectivity index (χ3v) is 6.24. The van der Waals surface area contributed by atoms with Crippen molar-refractivity contribution in [3.05, 3.63) is 67.3 Å². The van der Waals surface area contributed by atoms with Gasteiger partial charge in [0.1, 0.15) is 11.3 Å². The highest BCUT2D eigenvalue weighted by atomic mass is 32.1. The summed E-state index contributed by atoms with van der Waals surface area (Å²) < 4.78 is 6.50. The predicted molar refractivity (Wildman–Crippen MR) is 127 cm³/mol. The lowest BCUT2D eigenvalue weighted by Crippen LogP contribution is -2.18. The van der Waals surface area contributed by atoms with Crippen molar-refractivity contribution in [1.82, 2.24) is 10.3 Å². The normalized spacial score (nSPS) is 11.2. The lowest BCUT2D eigenvalue weighted by atomic mass is 10.1. The first-order valence-corrected chi connectivity index (χ1v) is 11.7. The zero-order valence-electron chi connectivity index (χ0n) is 18.0. The Labute approximate surface area is 190 Å². The number of phenols is 1. The van der Waals surface area contributed by atoms with Crippen molar-refractivity contribution in [2.45, 2.75) is 38.5 Å². The monoisotopic (exact) mass is 459 g/mol. The number of phenolic OH excluding ortho intramolecular Hbond substituents is 1. The van der Waals surface area contributed by atoms with Crippen LogP contribution in [0.4, 0.5) is 5.69 Å². The third-order valence-electron chi connectivity index (χ3n) is 5.28. The molecule has 0 amide bonds. The zero-order chi connectivity index (χ0) is 22.8. The fourth-order valence-corrected chi connectivity index (χ4v) is 4.40. The van der Waals surface area contributed by atoms with E-state index in [1.807, 2.05) is 6.07 Å². The molecule has 0 unspecified atom stereocenters. The second-order valence-corrected chi connectivity index (χ2v) is 8.65. The molecular formula is C23H29N3O5S. The molecule has 0 aliphatic carbocycles. The first-order chi connectivity index (χ1) is 15.5. The molecule has 0 saturated heterocycles. The van der Waals surface area contributed by atoms with Gasteiger partial charge in [-0.25, -0.2) is 0 Å². The summed E-state index contributed by atoms with van der Waals surface area (Å²) in [6.07, 6.45) is 5.96. The molecule has 32 heavy (non-hydrogen) atoms. The molecule has 0 radical (unpaired) electrons. The summed E-state index contributed by atoms with van der Waals surface area (Å²) in [5.41, 5.74) is 2.76. The minimum absolute atomic E-state index is 0.112. The molecule has 0 fully saturated rings. The number of rotatable bonds is 14. The van der Waals surface area contributed by atoms with Crippen LogP contribution in [0.2, 0.25) is 0 Å². The highest BCUT2D eigenvalue weighted by molar-refractivity contribution is 7.16. The Bertz CT molecular complexity index is 1060. The Morgan fingerprint density at radius 2 is 1.78 bits per heavy atom. The number of benzene rings is 2. The molecule has 8 nitrogen and oxygen atoms in total. The molecule has 172 valence electrons. The van der Waals surface area contributed by atoms with Crippen LogP contribution in [0, 0.1) is 10.1 Å². The Morgan fingerprint density at radius 3 is 2.56 bits per heavy atom. The van der Waals surface area contributed by atoms with E-state index in [0.29, 0.717) is 12.1 Å². The maximum atomic E-state index is 11.6. The molecule has 3 N–H and O–H groups in total. The van der Waals surface area contributed by atoms with E-state index in [2.05, 4.69) is 10.3 Å². The molecule has 0 aliphatic rings. The quantitative estimate of drug-likeness (QED) is 0.189. The van der Waals surface area contributed by atoms with E-state index in [9.17, 15) is 20.0 Å². The SMILES string of the molecule is O=c1[nH]c2c(O)ccc(CCNCCCCCCOCCc3ccc([N+](=O)[O-])cc3)c2s1. The summed E-state index contributed by atoms with van der Waals surface area (Å²) in [6, 6.07) is 10.1. The summed E-state index contributed by atoms with van der Waals surface area (Å²) in [6.45, 7) is 3.14. The molecule has 0 bridgehead atoms. The fraction of sp³-hybridized carbons (Fsp3) is 0.435. The first-order valence-electron chi connectivity index (χ1n) is 10.9. The molecule has 0 aliphatic heterocycles. The standard InChI is InChI=1S/C23H29N3O5S/c27-20-10-7-18(22-21(20)25-23(28)32-22)11-14-24-13-3-1-2-4-15-31-16-12-17-5-8-19(9-6-17)26(29)30/h5-10,24,27H,1-4,11-16H2,(H,25,28). The van der Waals surface area contributed by atoms with E-state index in [0.717, 1.165) is 85.4 Å². The number of nitro benzene ring substituents is 1. The number of nitrogens with one attached hydrogen (secondary N) is 2. The van der Waals surface area contributed by atoms with Crippen molar-refractivity contribution in [3.63, 3.8) is 0 Å². The molecule has 3 rings (SSSR count). The van der Waals surface area contributed by atoms with Gasteiger partial charge in [-0.3, -0.25) is 14.9 Å². The molecule has 1 heterocycles. The van der Waals surface area contributed by atoms with Gasteiger partial charge in [0, 0.05) is 18.7 Å². The molecule has 0 spiro atoms. The fourth-order valence-electron chi connectivity index (χ4n) is 3.50. The third kappa shape index (κ3) is 7.15. The number of hydrogen-bond donors (Lipinski definition) is 3. The van der Waals surface area contributed by atoms with Gasteiger partial charge in [0.25, 0.3) is 5.69 Å². The smallest absolute Gasteiger partial charge is 0.305 e. The van der Waals surface area contributed by atoms with Gasteiger partial charge in [-0.05, 0) is 56.0 Å². The molecule has 3 aromatic rings. The average molecular weight is 460 g/mol. The Hall–Kier alpha value is -2.75. The number of fused-ring (bicyclic) bond motifs is 1. The van der Waals surface area contributed by atoms with Crippen LogP contribution in [0.25, 0.3) is 10.2 Å². The summed E-state index contributed by atoms with van der Waals surface area (Å²) >= 11 is 1.14. The van der Waals surface area contributed by atoms with Crippen molar-refractivity contribution in [3.8, 4) is 5.75 Å². The minimum Gasteiger partial charge on any atom is -0.506 e. The number of unbranched alkanes of at least 4 members (excludes halogenated alkanes) is 3. The van der Waals surface area contributed by atoms with Crippen LogP contribution in [0.1, 0.15) is 36.8 Å². The number of nitrogens with zero attached hydrogens (tertiary/aromatic N) is 1. The molecule has 1 aromatic heterocycles. The first kappa shape index (κ1) is 23.9. The molecule has 0 atom stereocenters. The molecule has 2 aromatic carbocycles. The van der Waals surface area contributed by atoms with Crippen LogP contribution >= 0.6 is 11.3 Å². The van der Waals surface area contributed by atoms with Crippen LogP contribution in [0.5, 0.6) is 5.75 Å². The highest BCUT2D eigenvalue weighted by Crippen LogP contribution is 2.27. The Balaban J connectivity index is 1.18. The minimum atomic E-state index is -0.392. The highest BCUT2D eigenvalue weighted by Gasteiger charge is 2.09. The van der Waals surface area contributed by atoms with Crippen molar-refractivity contribution >= 4 is 27.2 Å². The Kier molecular flexibility index (Phi) is 9.21. The van der Waals surface area contributed by atoms with Crippen LogP contribution in [-0.2, 0) is 17.6 Å². The zero-order valence-corrected chi connectivity index (χ0v) is 18.8. The van der Waals surface area contributed by atoms with Gasteiger partial charge in [0.15, 0.2) is 0 Å². The number of non-ortho nitro benzene ring substituents is 1. The topological polar surface area (TPSA) is 117 Å². The molecule has 0 saturated carbocycles. The summed E-state index contributed by atoms with van der Waals surface area (Å²) in [7, 11) is 0. The van der Waals surface area contributed by atoms with Crippen molar-refractivity contribution in [2.75, 3.05) is 26.3 Å². The number of nitro groups is 1. The van der Waals surface area contributed by atoms with E-state index >= 15 is 0 Å². The van der Waals surface area contributed by atoms with Crippen molar-refractivity contribution in [2.24, 2.45) is 0 Å². The summed E-state index contributed by atoms with van der Waals surface area (Å²) in [4.78, 5) is 24.3. The van der Waals surface area contributed by atoms with Crippen molar-refractivity contribution < 1.29 is 14.8 Å². The lowest BCUT2D eigenvalue weighted by molar-refractivity contribution is -0.384. The van der Waals surface area contributed by atoms with Crippen LogP contribution in [0.3, 0.4) is 0 Å². The second-order valence-electron chi connectivity index (χ2n) is 7.66.